The van der Waals surface area contributed by atoms with Crippen molar-refractivity contribution in [2.24, 2.45) is 10.2 Å². The summed E-state index contributed by atoms with van der Waals surface area (Å²) in [6.45, 7) is 0. The van der Waals surface area contributed by atoms with Gasteiger partial charge in [0.2, 0.25) is 11.8 Å². The highest BCUT2D eigenvalue weighted by molar-refractivity contribution is 7.11. The fraction of sp³-hybridized carbons (Fsp3) is 0. The lowest BCUT2D eigenvalue weighted by atomic mass is 10.2. The molecule has 0 saturated carbocycles. The summed E-state index contributed by atoms with van der Waals surface area (Å²) in [6, 6.07) is 22.1. The highest BCUT2D eigenvalue weighted by Gasteiger charge is 2.08. The van der Waals surface area contributed by atoms with Crippen LogP contribution in [0.1, 0.15) is 9.75 Å². The molecule has 8 heteroatoms. The highest BCUT2D eigenvalue weighted by Crippen LogP contribution is 2.30. The van der Waals surface area contributed by atoms with E-state index in [2.05, 4.69) is 20.9 Å². The maximum absolute atomic E-state index is 12.5. The van der Waals surface area contributed by atoms with Crippen molar-refractivity contribution in [1.29, 1.82) is 0 Å². The zero-order chi connectivity index (χ0) is 23.6. The normalized spacial score (nSPS) is 11.4. The molecule has 0 radical (unpaired) electrons. The van der Waals surface area contributed by atoms with Crippen LogP contribution in [0.2, 0.25) is 0 Å². The summed E-state index contributed by atoms with van der Waals surface area (Å²) in [5, 5.41) is 18.1. The molecule has 0 saturated heterocycles. The van der Waals surface area contributed by atoms with Gasteiger partial charge >= 0.3 is 0 Å². The standard InChI is InChI=1S/C26H20N4O2S2/c31-25(14-11-21-8-4-16-33-21)27-20-10-13-23(30-29-19-6-2-1-3-7-19)24(18-20)28-26(32)15-12-22-9-5-17-34-22/h1-18H,(H,27,31)(H,28,32)/b14-11+,15-12+,30-29?. The van der Waals surface area contributed by atoms with E-state index in [9.17, 15) is 9.59 Å². The van der Waals surface area contributed by atoms with Gasteiger partial charge in [-0.25, -0.2) is 0 Å². The number of carbonyl (C=O) groups is 2. The lowest BCUT2D eigenvalue weighted by Crippen LogP contribution is -2.10. The van der Waals surface area contributed by atoms with Gasteiger partial charge in [0.1, 0.15) is 5.69 Å². The number of thiophene rings is 2. The maximum Gasteiger partial charge on any atom is 0.248 e. The number of nitrogens with one attached hydrogen (secondary N) is 2. The molecule has 0 unspecified atom stereocenters. The predicted molar refractivity (Wildman–Crippen MR) is 141 cm³/mol. The van der Waals surface area contributed by atoms with Crippen LogP contribution in [0, 0.1) is 0 Å². The van der Waals surface area contributed by atoms with E-state index < -0.39 is 0 Å². The van der Waals surface area contributed by atoms with Gasteiger partial charge in [-0.2, -0.15) is 5.11 Å². The van der Waals surface area contributed by atoms with Crippen molar-refractivity contribution >= 4 is 69.4 Å². The first-order chi connectivity index (χ1) is 16.7. The van der Waals surface area contributed by atoms with E-state index >= 15 is 0 Å². The molecule has 168 valence electrons. The highest BCUT2D eigenvalue weighted by atomic mass is 32.1. The lowest BCUT2D eigenvalue weighted by Gasteiger charge is -2.09. The molecular weight excluding hydrogens is 464 g/mol. The fourth-order valence-electron chi connectivity index (χ4n) is 2.85. The summed E-state index contributed by atoms with van der Waals surface area (Å²) in [5.74, 6) is -0.590. The number of rotatable bonds is 8. The second-order valence-electron chi connectivity index (χ2n) is 6.94. The number of benzene rings is 2. The minimum absolute atomic E-state index is 0.276. The number of hydrogen-bond acceptors (Lipinski definition) is 6. The molecule has 6 nitrogen and oxygen atoms in total. The Bertz CT molecular complexity index is 1330. The molecule has 0 aliphatic heterocycles. The van der Waals surface area contributed by atoms with Crippen LogP contribution >= 0.6 is 22.7 Å². The van der Waals surface area contributed by atoms with Crippen LogP contribution < -0.4 is 10.6 Å². The first kappa shape index (κ1) is 23.0. The lowest BCUT2D eigenvalue weighted by molar-refractivity contribution is -0.112. The van der Waals surface area contributed by atoms with Gasteiger partial charge in [0.25, 0.3) is 0 Å². The summed E-state index contributed by atoms with van der Waals surface area (Å²) in [6.07, 6.45) is 6.42. The number of azo groups is 1. The molecule has 0 fully saturated rings. The van der Waals surface area contributed by atoms with Crippen molar-refractivity contribution in [3.05, 3.63) is 105 Å². The Balaban J connectivity index is 1.53. The summed E-state index contributed by atoms with van der Waals surface area (Å²) in [5.41, 5.74) is 2.11. The third-order valence-electron chi connectivity index (χ3n) is 4.44. The van der Waals surface area contributed by atoms with Gasteiger partial charge in [-0.1, -0.05) is 30.3 Å². The quantitative estimate of drug-likeness (QED) is 0.200. The first-order valence-corrected chi connectivity index (χ1v) is 12.1. The molecule has 2 heterocycles. The van der Waals surface area contributed by atoms with Crippen molar-refractivity contribution in [2.45, 2.75) is 0 Å². The second-order valence-corrected chi connectivity index (χ2v) is 8.90. The number of anilines is 2. The maximum atomic E-state index is 12.5. The topological polar surface area (TPSA) is 82.9 Å². The van der Waals surface area contributed by atoms with Crippen LogP contribution in [0.25, 0.3) is 12.2 Å². The van der Waals surface area contributed by atoms with E-state index in [4.69, 9.17) is 0 Å². The Morgan fingerprint density at radius 1 is 0.706 bits per heavy atom. The van der Waals surface area contributed by atoms with Crippen LogP contribution in [0.3, 0.4) is 0 Å². The molecule has 2 amide bonds. The molecule has 34 heavy (non-hydrogen) atoms. The molecule has 2 aromatic carbocycles. The van der Waals surface area contributed by atoms with Gasteiger partial charge < -0.3 is 10.6 Å². The summed E-state index contributed by atoms with van der Waals surface area (Å²) in [7, 11) is 0. The summed E-state index contributed by atoms with van der Waals surface area (Å²) >= 11 is 3.09. The van der Waals surface area contributed by atoms with Crippen LogP contribution in [0.15, 0.2) is 106 Å². The minimum Gasteiger partial charge on any atom is -0.322 e. The SMILES string of the molecule is O=C(/C=C/c1cccs1)Nc1ccc(N=Nc2ccccc2)c(NC(=O)/C=C/c2cccs2)c1. The molecular formula is C26H20N4O2S2. The molecule has 0 aliphatic rings. The van der Waals surface area contributed by atoms with Crippen LogP contribution in [-0.2, 0) is 9.59 Å². The molecule has 0 atom stereocenters. The van der Waals surface area contributed by atoms with Crippen molar-refractivity contribution in [3.8, 4) is 0 Å². The Hall–Kier alpha value is -4.14. The predicted octanol–water partition coefficient (Wildman–Crippen LogP) is 7.53. The number of hydrogen-bond donors (Lipinski definition) is 2. The largest absolute Gasteiger partial charge is 0.322 e. The van der Waals surface area contributed by atoms with Crippen molar-refractivity contribution in [3.63, 3.8) is 0 Å². The molecule has 4 aromatic rings. The van der Waals surface area contributed by atoms with E-state index in [0.29, 0.717) is 22.7 Å². The smallest absolute Gasteiger partial charge is 0.248 e. The third-order valence-corrected chi connectivity index (χ3v) is 6.11. The third kappa shape index (κ3) is 6.93. The molecule has 0 aliphatic carbocycles. The van der Waals surface area contributed by atoms with E-state index in [-0.39, 0.29) is 11.8 Å². The Kier molecular flexibility index (Phi) is 7.89. The number of amides is 2. The summed E-state index contributed by atoms with van der Waals surface area (Å²) in [4.78, 5) is 26.8. The van der Waals surface area contributed by atoms with E-state index in [1.165, 1.54) is 23.5 Å². The Morgan fingerprint density at radius 2 is 1.35 bits per heavy atom. The fourth-order valence-corrected chi connectivity index (χ4v) is 4.09. The van der Waals surface area contributed by atoms with Crippen molar-refractivity contribution in [1.82, 2.24) is 0 Å². The molecule has 0 spiro atoms. The van der Waals surface area contributed by atoms with Gasteiger partial charge in [0.05, 0.1) is 11.4 Å². The first-order valence-electron chi connectivity index (χ1n) is 10.3. The monoisotopic (exact) mass is 484 g/mol. The van der Waals surface area contributed by atoms with Crippen LogP contribution in [-0.4, -0.2) is 11.8 Å². The van der Waals surface area contributed by atoms with Crippen LogP contribution in [0.4, 0.5) is 22.7 Å². The number of nitrogens with zero attached hydrogens (tertiary/aromatic N) is 2. The van der Waals surface area contributed by atoms with Gasteiger partial charge in [-0.15, -0.1) is 27.8 Å². The van der Waals surface area contributed by atoms with Crippen molar-refractivity contribution in [2.75, 3.05) is 10.6 Å². The van der Waals surface area contributed by atoms with Gasteiger partial charge in [-0.05, 0) is 65.4 Å². The van der Waals surface area contributed by atoms with Crippen molar-refractivity contribution < 1.29 is 9.59 Å². The molecule has 4 rings (SSSR count). The van der Waals surface area contributed by atoms with Gasteiger partial charge in [-0.3, -0.25) is 9.59 Å². The number of carbonyl (C=O) groups excluding carboxylic acids is 2. The zero-order valence-electron chi connectivity index (χ0n) is 17.9. The second kappa shape index (κ2) is 11.6. The van der Waals surface area contributed by atoms with E-state index in [0.717, 1.165) is 9.75 Å². The van der Waals surface area contributed by atoms with Gasteiger partial charge in [0.15, 0.2) is 0 Å². The molecule has 2 aromatic heterocycles. The van der Waals surface area contributed by atoms with E-state index in [1.807, 2.05) is 65.4 Å². The average Bonchev–Trinajstić information content (AvgIpc) is 3.56. The summed E-state index contributed by atoms with van der Waals surface area (Å²) < 4.78 is 0. The minimum atomic E-state index is -0.314. The Morgan fingerprint density at radius 3 is 1.97 bits per heavy atom. The average molecular weight is 485 g/mol. The molecule has 2 N–H and O–H groups in total. The van der Waals surface area contributed by atoms with Crippen LogP contribution in [0.5, 0.6) is 0 Å². The Labute approximate surface area is 205 Å². The van der Waals surface area contributed by atoms with Gasteiger partial charge in [0, 0.05) is 27.6 Å². The molecule has 0 bridgehead atoms. The zero-order valence-corrected chi connectivity index (χ0v) is 19.6. The van der Waals surface area contributed by atoms with E-state index in [1.54, 1.807) is 41.7 Å².